The van der Waals surface area contributed by atoms with E-state index in [1.807, 2.05) is 0 Å². The largest absolute Gasteiger partial charge is 0.496 e. The molecule has 1 N–H and O–H groups in total. The van der Waals surface area contributed by atoms with Crippen LogP contribution in [0.1, 0.15) is 25.7 Å². The van der Waals surface area contributed by atoms with Gasteiger partial charge in [-0.2, -0.15) is 0 Å². The van der Waals surface area contributed by atoms with Crippen molar-refractivity contribution in [2.45, 2.75) is 36.9 Å². The zero-order chi connectivity index (χ0) is 18.1. The number of benzene rings is 1. The number of carbonyl (C=O) groups excluding carboxylic acids is 1. The summed E-state index contributed by atoms with van der Waals surface area (Å²) in [7, 11) is 1.57. The highest BCUT2D eigenvalue weighted by Gasteiger charge is 2.40. The number of nitrogens with one attached hydrogen (secondary N) is 1. The van der Waals surface area contributed by atoms with E-state index in [-0.39, 0.29) is 11.7 Å². The van der Waals surface area contributed by atoms with E-state index in [1.165, 1.54) is 31.0 Å². The van der Waals surface area contributed by atoms with Crippen molar-refractivity contribution in [2.75, 3.05) is 12.9 Å². The Morgan fingerprint density at radius 1 is 1.38 bits per heavy atom. The molecule has 0 unspecified atom stereocenters. The molecule has 1 heterocycles. The highest BCUT2D eigenvalue weighted by atomic mass is 35.5. The average molecular weight is 394 g/mol. The molecule has 3 atom stereocenters. The van der Waals surface area contributed by atoms with Crippen LogP contribution in [0.15, 0.2) is 27.8 Å². The van der Waals surface area contributed by atoms with E-state index in [9.17, 15) is 4.79 Å². The third-order valence-electron chi connectivity index (χ3n) is 5.21. The lowest BCUT2D eigenvalue weighted by Gasteiger charge is -2.22. The topological polar surface area (TPSA) is 77.2 Å². The van der Waals surface area contributed by atoms with Crippen LogP contribution in [0.5, 0.6) is 5.75 Å². The van der Waals surface area contributed by atoms with Crippen molar-refractivity contribution in [2.24, 2.45) is 11.8 Å². The lowest BCUT2D eigenvalue weighted by Crippen LogP contribution is -2.39. The fourth-order valence-electron chi connectivity index (χ4n) is 4.02. The SMILES string of the molecule is COc1ccc(Cl)cc1-c1nnc(SCC(=O)N[C@H]2C[C@H]3CC[C@@H]2C3)o1. The Hall–Kier alpha value is -1.73. The molecule has 0 aliphatic heterocycles. The van der Waals surface area contributed by atoms with Crippen molar-refractivity contribution >= 4 is 29.3 Å². The minimum atomic E-state index is 0.0210. The molecule has 2 aromatic rings. The summed E-state index contributed by atoms with van der Waals surface area (Å²) in [6, 6.07) is 5.54. The second-order valence-electron chi connectivity index (χ2n) is 6.86. The minimum Gasteiger partial charge on any atom is -0.496 e. The normalized spacial score (nSPS) is 24.0. The Morgan fingerprint density at radius 2 is 2.27 bits per heavy atom. The molecule has 2 bridgehead atoms. The first-order valence-corrected chi connectivity index (χ1v) is 10.1. The Balaban J connectivity index is 1.35. The van der Waals surface area contributed by atoms with Gasteiger partial charge in [-0.15, -0.1) is 10.2 Å². The van der Waals surface area contributed by atoms with Crippen LogP contribution in [0.4, 0.5) is 0 Å². The number of fused-ring (bicyclic) bond motifs is 2. The Morgan fingerprint density at radius 3 is 3.00 bits per heavy atom. The van der Waals surface area contributed by atoms with Gasteiger partial charge in [-0.3, -0.25) is 4.79 Å². The zero-order valence-electron chi connectivity index (χ0n) is 14.4. The molecule has 1 amide bonds. The van der Waals surface area contributed by atoms with E-state index in [0.717, 1.165) is 12.3 Å². The number of aromatic nitrogens is 2. The van der Waals surface area contributed by atoms with E-state index < -0.39 is 0 Å². The molecule has 1 aromatic carbocycles. The summed E-state index contributed by atoms with van der Waals surface area (Å²) < 4.78 is 11.0. The molecule has 8 heteroatoms. The maximum absolute atomic E-state index is 12.2. The summed E-state index contributed by atoms with van der Waals surface area (Å²) in [6.07, 6.45) is 4.97. The number of amides is 1. The molecule has 2 aliphatic carbocycles. The van der Waals surface area contributed by atoms with Gasteiger partial charge >= 0.3 is 0 Å². The van der Waals surface area contributed by atoms with E-state index in [1.54, 1.807) is 25.3 Å². The molecule has 0 radical (unpaired) electrons. The summed E-state index contributed by atoms with van der Waals surface area (Å²) >= 11 is 7.28. The summed E-state index contributed by atoms with van der Waals surface area (Å²) in [5.74, 6) is 2.68. The molecule has 1 aromatic heterocycles. The van der Waals surface area contributed by atoms with Crippen LogP contribution >= 0.6 is 23.4 Å². The van der Waals surface area contributed by atoms with Crippen molar-refractivity contribution in [1.82, 2.24) is 15.5 Å². The van der Waals surface area contributed by atoms with Gasteiger partial charge in [-0.25, -0.2) is 0 Å². The van der Waals surface area contributed by atoms with Crippen LogP contribution in [0.3, 0.4) is 0 Å². The number of carbonyl (C=O) groups is 1. The molecule has 2 aliphatic rings. The van der Waals surface area contributed by atoms with Crippen LogP contribution in [-0.2, 0) is 4.79 Å². The van der Waals surface area contributed by atoms with Crippen molar-refractivity contribution in [3.05, 3.63) is 23.2 Å². The van der Waals surface area contributed by atoms with Gasteiger partial charge in [-0.1, -0.05) is 29.8 Å². The van der Waals surface area contributed by atoms with Crippen LogP contribution in [0.25, 0.3) is 11.5 Å². The highest BCUT2D eigenvalue weighted by Crippen LogP contribution is 2.44. The van der Waals surface area contributed by atoms with Crippen molar-refractivity contribution in [3.8, 4) is 17.2 Å². The molecule has 0 spiro atoms. The third kappa shape index (κ3) is 3.69. The summed E-state index contributed by atoms with van der Waals surface area (Å²) in [6.45, 7) is 0. The van der Waals surface area contributed by atoms with Gasteiger partial charge in [0.15, 0.2) is 0 Å². The molecule has 138 valence electrons. The number of methoxy groups -OCH3 is 1. The maximum Gasteiger partial charge on any atom is 0.277 e. The molecule has 4 rings (SSSR count). The first-order valence-electron chi connectivity index (χ1n) is 8.72. The lowest BCUT2D eigenvalue weighted by molar-refractivity contribution is -0.119. The first-order chi connectivity index (χ1) is 12.6. The minimum absolute atomic E-state index is 0.0210. The Bertz CT molecular complexity index is 813. The first kappa shape index (κ1) is 17.7. The van der Waals surface area contributed by atoms with E-state index in [2.05, 4.69) is 15.5 Å². The summed E-state index contributed by atoms with van der Waals surface area (Å²) in [5.41, 5.74) is 0.630. The molecule has 0 saturated heterocycles. The predicted octanol–water partition coefficient (Wildman–Crippen LogP) is 3.80. The van der Waals surface area contributed by atoms with E-state index in [4.69, 9.17) is 20.8 Å². The molecule has 26 heavy (non-hydrogen) atoms. The van der Waals surface area contributed by atoms with Crippen LogP contribution in [0.2, 0.25) is 5.02 Å². The van der Waals surface area contributed by atoms with E-state index in [0.29, 0.717) is 39.4 Å². The fraction of sp³-hybridized carbons (Fsp3) is 0.500. The average Bonchev–Trinajstić information content (AvgIpc) is 3.37. The smallest absolute Gasteiger partial charge is 0.277 e. The van der Waals surface area contributed by atoms with Gasteiger partial charge in [0.1, 0.15) is 5.75 Å². The van der Waals surface area contributed by atoms with Gasteiger partial charge in [0.05, 0.1) is 18.4 Å². The predicted molar refractivity (Wildman–Crippen MR) is 99.4 cm³/mol. The second kappa shape index (κ2) is 7.48. The number of nitrogens with zero attached hydrogens (tertiary/aromatic N) is 2. The van der Waals surface area contributed by atoms with Crippen molar-refractivity contribution in [3.63, 3.8) is 0 Å². The van der Waals surface area contributed by atoms with Gasteiger partial charge in [0, 0.05) is 11.1 Å². The number of hydrogen-bond acceptors (Lipinski definition) is 6. The number of ether oxygens (including phenoxy) is 1. The van der Waals surface area contributed by atoms with Crippen LogP contribution in [-0.4, -0.2) is 35.0 Å². The Labute approximate surface area is 161 Å². The standard InChI is InChI=1S/C18H20ClN3O3S/c1-24-15-5-4-12(19)8-13(15)17-21-22-18(25-17)26-9-16(23)20-14-7-10-2-3-11(14)6-10/h4-5,8,10-11,14H,2-3,6-7,9H2,1H3,(H,20,23)/t10-,11+,14-/m0/s1. The van der Waals surface area contributed by atoms with Gasteiger partial charge in [0.25, 0.3) is 11.1 Å². The number of rotatable bonds is 6. The molecule has 6 nitrogen and oxygen atoms in total. The Kier molecular flexibility index (Phi) is 5.09. The maximum atomic E-state index is 12.2. The molecule has 2 saturated carbocycles. The molecule has 2 fully saturated rings. The van der Waals surface area contributed by atoms with Crippen molar-refractivity contribution < 1.29 is 13.9 Å². The monoisotopic (exact) mass is 393 g/mol. The van der Waals surface area contributed by atoms with Crippen LogP contribution in [0, 0.1) is 11.8 Å². The van der Waals surface area contributed by atoms with Crippen molar-refractivity contribution in [1.29, 1.82) is 0 Å². The molecular formula is C18H20ClN3O3S. The number of thioether (sulfide) groups is 1. The highest BCUT2D eigenvalue weighted by molar-refractivity contribution is 7.99. The van der Waals surface area contributed by atoms with Gasteiger partial charge in [-0.05, 0) is 49.3 Å². The third-order valence-corrected chi connectivity index (χ3v) is 6.26. The summed E-state index contributed by atoms with van der Waals surface area (Å²) in [4.78, 5) is 12.2. The van der Waals surface area contributed by atoms with Gasteiger partial charge in [0.2, 0.25) is 5.91 Å². The van der Waals surface area contributed by atoms with Gasteiger partial charge < -0.3 is 14.5 Å². The second-order valence-corrected chi connectivity index (χ2v) is 8.22. The number of hydrogen-bond donors (Lipinski definition) is 1. The summed E-state index contributed by atoms with van der Waals surface area (Å²) in [5, 5.41) is 12.1. The van der Waals surface area contributed by atoms with E-state index >= 15 is 0 Å². The lowest BCUT2D eigenvalue weighted by atomic mass is 9.95. The number of halogens is 1. The zero-order valence-corrected chi connectivity index (χ0v) is 16.0. The molecular weight excluding hydrogens is 374 g/mol. The van der Waals surface area contributed by atoms with Crippen LogP contribution < -0.4 is 10.1 Å². The fourth-order valence-corrected chi connectivity index (χ4v) is 4.77. The quantitative estimate of drug-likeness (QED) is 0.752.